The van der Waals surface area contributed by atoms with Crippen molar-refractivity contribution >= 4 is 27.8 Å². The second-order valence-corrected chi connectivity index (χ2v) is 5.39. The molecule has 116 valence electrons. The van der Waals surface area contributed by atoms with Crippen molar-refractivity contribution in [2.45, 2.75) is 13.3 Å². The van der Waals surface area contributed by atoms with Crippen LogP contribution in [0.2, 0.25) is 0 Å². The quantitative estimate of drug-likeness (QED) is 0.701. The number of nitrogen functional groups attached to an aromatic ring is 1. The van der Waals surface area contributed by atoms with Crippen LogP contribution in [0, 0.1) is 11.3 Å². The van der Waals surface area contributed by atoms with Gasteiger partial charge in [0.15, 0.2) is 5.78 Å². The molecule has 0 amide bonds. The number of carbonyl (C=O) groups is 1. The number of rotatable bonds is 9. The smallest absolute Gasteiger partial charge is 0.174 e. The highest BCUT2D eigenvalue weighted by molar-refractivity contribution is 7.19. The maximum Gasteiger partial charge on any atom is 0.174 e. The molecule has 7 heteroatoms. The van der Waals surface area contributed by atoms with E-state index >= 15 is 0 Å². The number of ketones is 1. The van der Waals surface area contributed by atoms with Crippen molar-refractivity contribution in [2.24, 2.45) is 0 Å². The number of ether oxygens (including phenoxy) is 2. The Kier molecular flexibility index (Phi) is 7.15. The molecule has 0 bridgehead atoms. The summed E-state index contributed by atoms with van der Waals surface area (Å²) in [5.74, 6) is -0.0429. The van der Waals surface area contributed by atoms with Crippen molar-refractivity contribution in [2.75, 3.05) is 51.2 Å². The highest BCUT2D eigenvalue weighted by Gasteiger charge is 2.23. The van der Waals surface area contributed by atoms with Crippen molar-refractivity contribution in [1.29, 1.82) is 5.26 Å². The zero-order chi connectivity index (χ0) is 15.8. The molecule has 1 rings (SSSR count). The van der Waals surface area contributed by atoms with Crippen LogP contribution in [-0.4, -0.2) is 46.3 Å². The van der Waals surface area contributed by atoms with Crippen LogP contribution in [0.5, 0.6) is 0 Å². The van der Waals surface area contributed by atoms with Gasteiger partial charge < -0.3 is 20.1 Å². The van der Waals surface area contributed by atoms with Gasteiger partial charge in [0.2, 0.25) is 0 Å². The Balaban J connectivity index is 3.17. The summed E-state index contributed by atoms with van der Waals surface area (Å²) >= 11 is 1.27. The fourth-order valence-electron chi connectivity index (χ4n) is 1.85. The second-order valence-electron chi connectivity index (χ2n) is 4.39. The van der Waals surface area contributed by atoms with Crippen molar-refractivity contribution in [3.8, 4) is 6.07 Å². The van der Waals surface area contributed by atoms with Gasteiger partial charge in [-0.2, -0.15) is 5.26 Å². The molecule has 1 heterocycles. The van der Waals surface area contributed by atoms with Gasteiger partial charge in [0.25, 0.3) is 0 Å². The molecule has 0 spiro atoms. The molecule has 0 saturated carbocycles. The standard InChI is InChI=1S/C14H21N3O3S/c1-4-11(18)13-12(16)10(9-15)14(21-13)17(5-7-19-2)6-8-20-3/h4-8,16H2,1-3H3. The monoisotopic (exact) mass is 311 g/mol. The van der Waals surface area contributed by atoms with E-state index in [1.54, 1.807) is 21.1 Å². The fourth-order valence-corrected chi connectivity index (χ4v) is 3.08. The van der Waals surface area contributed by atoms with Gasteiger partial charge in [-0.05, 0) is 0 Å². The summed E-state index contributed by atoms with van der Waals surface area (Å²) in [5.41, 5.74) is 6.61. The van der Waals surface area contributed by atoms with Crippen LogP contribution in [0.1, 0.15) is 28.6 Å². The minimum absolute atomic E-state index is 0.0429. The number of anilines is 2. The maximum atomic E-state index is 11.9. The number of methoxy groups -OCH3 is 2. The van der Waals surface area contributed by atoms with E-state index in [1.165, 1.54) is 11.3 Å². The van der Waals surface area contributed by atoms with Crippen molar-refractivity contribution in [1.82, 2.24) is 0 Å². The van der Waals surface area contributed by atoms with Gasteiger partial charge in [-0.15, -0.1) is 11.3 Å². The Morgan fingerprint density at radius 3 is 2.33 bits per heavy atom. The number of hydrogen-bond acceptors (Lipinski definition) is 7. The summed E-state index contributed by atoms with van der Waals surface area (Å²) in [6.07, 6.45) is 0.366. The summed E-state index contributed by atoms with van der Waals surface area (Å²) < 4.78 is 10.2. The van der Waals surface area contributed by atoms with Crippen molar-refractivity contribution in [3.05, 3.63) is 10.4 Å². The Morgan fingerprint density at radius 2 is 1.90 bits per heavy atom. The molecule has 21 heavy (non-hydrogen) atoms. The van der Waals surface area contributed by atoms with E-state index in [2.05, 4.69) is 6.07 Å². The molecule has 0 aliphatic carbocycles. The number of carbonyl (C=O) groups excluding carboxylic acids is 1. The molecule has 0 aliphatic rings. The SMILES string of the molecule is CCC(=O)c1sc(N(CCOC)CCOC)c(C#N)c1N. The fraction of sp³-hybridized carbons (Fsp3) is 0.571. The first-order valence-electron chi connectivity index (χ1n) is 6.69. The van der Waals surface area contributed by atoms with E-state index in [9.17, 15) is 10.1 Å². The molecule has 1 aromatic rings. The number of nitrogens with two attached hydrogens (primary N) is 1. The highest BCUT2D eigenvalue weighted by Crippen LogP contribution is 2.38. The minimum atomic E-state index is -0.0429. The van der Waals surface area contributed by atoms with Crippen molar-refractivity contribution in [3.63, 3.8) is 0 Å². The third-order valence-corrected chi connectivity index (χ3v) is 4.34. The summed E-state index contributed by atoms with van der Waals surface area (Å²) in [5, 5.41) is 10.1. The third-order valence-electron chi connectivity index (χ3n) is 3.03. The molecule has 0 atom stereocenters. The molecule has 0 saturated heterocycles. The van der Waals surface area contributed by atoms with Gasteiger partial charge in [-0.25, -0.2) is 0 Å². The lowest BCUT2D eigenvalue weighted by atomic mass is 10.2. The average molecular weight is 311 g/mol. The maximum absolute atomic E-state index is 11.9. The van der Waals surface area contributed by atoms with E-state index < -0.39 is 0 Å². The largest absolute Gasteiger partial charge is 0.396 e. The predicted octanol–water partition coefficient (Wildman–Crippen LogP) is 1.89. The van der Waals surface area contributed by atoms with Crippen molar-refractivity contribution < 1.29 is 14.3 Å². The minimum Gasteiger partial charge on any atom is -0.396 e. The normalized spacial score (nSPS) is 10.4. The van der Waals surface area contributed by atoms with E-state index in [1.807, 2.05) is 4.90 Å². The molecule has 0 aromatic carbocycles. The zero-order valence-corrected chi connectivity index (χ0v) is 13.5. The van der Waals surface area contributed by atoms with Gasteiger partial charge in [-0.3, -0.25) is 4.79 Å². The summed E-state index contributed by atoms with van der Waals surface area (Å²) in [4.78, 5) is 14.4. The van der Waals surface area contributed by atoms with Gasteiger partial charge in [0.05, 0.1) is 23.8 Å². The van der Waals surface area contributed by atoms with Crippen LogP contribution < -0.4 is 10.6 Å². The molecule has 0 aliphatic heterocycles. The lowest BCUT2D eigenvalue weighted by molar-refractivity contribution is 0.0993. The van der Waals surface area contributed by atoms with E-state index in [-0.39, 0.29) is 11.5 Å². The Morgan fingerprint density at radius 1 is 1.33 bits per heavy atom. The zero-order valence-electron chi connectivity index (χ0n) is 12.6. The van der Waals surface area contributed by atoms with Crippen LogP contribution in [0.3, 0.4) is 0 Å². The number of nitriles is 1. The molecule has 0 fully saturated rings. The molecule has 6 nitrogen and oxygen atoms in total. The summed E-state index contributed by atoms with van der Waals surface area (Å²) in [6.45, 7) is 4.02. The molecular formula is C14H21N3O3S. The van der Waals surface area contributed by atoms with Gasteiger partial charge in [0.1, 0.15) is 16.6 Å². The van der Waals surface area contributed by atoms with Crippen LogP contribution in [0.4, 0.5) is 10.7 Å². The van der Waals surface area contributed by atoms with E-state index in [0.717, 1.165) is 0 Å². The summed E-state index contributed by atoms with van der Waals surface area (Å²) in [7, 11) is 3.24. The lowest BCUT2D eigenvalue weighted by Crippen LogP contribution is -2.30. The Hall–Kier alpha value is -1.62. The van der Waals surface area contributed by atoms with E-state index in [0.29, 0.717) is 48.2 Å². The molecule has 0 radical (unpaired) electrons. The number of nitrogens with zero attached hydrogens (tertiary/aromatic N) is 2. The number of thiophene rings is 1. The van der Waals surface area contributed by atoms with Crippen LogP contribution in [0.25, 0.3) is 0 Å². The van der Waals surface area contributed by atoms with Crippen LogP contribution in [-0.2, 0) is 9.47 Å². The lowest BCUT2D eigenvalue weighted by Gasteiger charge is -2.22. The predicted molar refractivity (Wildman–Crippen MR) is 84.0 cm³/mol. The topological polar surface area (TPSA) is 88.6 Å². The number of hydrogen-bond donors (Lipinski definition) is 1. The molecule has 1 aromatic heterocycles. The van der Waals surface area contributed by atoms with Crippen LogP contribution >= 0.6 is 11.3 Å². The molecule has 2 N–H and O–H groups in total. The second kappa shape index (κ2) is 8.62. The van der Waals surface area contributed by atoms with Crippen LogP contribution in [0.15, 0.2) is 0 Å². The molecule has 0 unspecified atom stereocenters. The van der Waals surface area contributed by atoms with Gasteiger partial charge in [-0.1, -0.05) is 6.92 Å². The Bertz CT molecular complexity index is 514. The summed E-state index contributed by atoms with van der Waals surface area (Å²) in [6, 6.07) is 2.11. The first-order valence-corrected chi connectivity index (χ1v) is 7.50. The highest BCUT2D eigenvalue weighted by atomic mass is 32.1. The number of Topliss-reactive ketones (excluding diaryl/α,β-unsaturated/α-hetero) is 1. The van der Waals surface area contributed by atoms with Gasteiger partial charge >= 0.3 is 0 Å². The van der Waals surface area contributed by atoms with Gasteiger partial charge in [0, 0.05) is 33.7 Å². The van der Waals surface area contributed by atoms with E-state index in [4.69, 9.17) is 15.2 Å². The first kappa shape index (κ1) is 17.4. The molecular weight excluding hydrogens is 290 g/mol. The average Bonchev–Trinajstić information content (AvgIpc) is 2.83. The third kappa shape index (κ3) is 4.17. The first-order chi connectivity index (χ1) is 10.1. The Labute approximate surface area is 129 Å².